The minimum absolute atomic E-state index is 0.221. The molecule has 0 unspecified atom stereocenters. The van der Waals surface area contributed by atoms with E-state index in [4.69, 9.17) is 10.00 Å². The minimum Gasteiger partial charge on any atom is -0.466 e. The molecule has 0 heterocycles. The maximum Gasteiger partial charge on any atom is 0.310 e. The summed E-state index contributed by atoms with van der Waals surface area (Å²) in [6.45, 7) is 4.13. The van der Waals surface area contributed by atoms with Crippen LogP contribution in [0.25, 0.3) is 0 Å². The number of nitrogens with zero attached hydrogens (tertiary/aromatic N) is 1. The molecule has 1 aromatic rings. The van der Waals surface area contributed by atoms with Crippen molar-refractivity contribution in [2.24, 2.45) is 0 Å². The predicted molar refractivity (Wildman–Crippen MR) is 68.6 cm³/mol. The molecule has 4 heteroatoms. The van der Waals surface area contributed by atoms with Crippen LogP contribution in [-0.4, -0.2) is 12.6 Å². The van der Waals surface area contributed by atoms with Gasteiger partial charge in [-0.3, -0.25) is 4.79 Å². The van der Waals surface area contributed by atoms with Crippen molar-refractivity contribution in [2.45, 2.75) is 26.7 Å². The zero-order valence-electron chi connectivity index (χ0n) is 9.92. The molecular formula is C13H14BrNO2. The van der Waals surface area contributed by atoms with Crippen LogP contribution in [0.2, 0.25) is 0 Å². The molecule has 0 bridgehead atoms. The Morgan fingerprint density at radius 1 is 1.47 bits per heavy atom. The lowest BCUT2D eigenvalue weighted by atomic mass is 9.97. The van der Waals surface area contributed by atoms with Gasteiger partial charge in [0.2, 0.25) is 0 Å². The van der Waals surface area contributed by atoms with E-state index in [2.05, 4.69) is 22.0 Å². The average Bonchev–Trinajstić information content (AvgIpc) is 2.31. The van der Waals surface area contributed by atoms with Gasteiger partial charge in [0.1, 0.15) is 6.07 Å². The lowest BCUT2D eigenvalue weighted by Crippen LogP contribution is -2.10. The second-order valence-electron chi connectivity index (χ2n) is 3.51. The summed E-state index contributed by atoms with van der Waals surface area (Å²) in [6, 6.07) is 5.82. The number of hydrogen-bond donors (Lipinski definition) is 0. The zero-order valence-corrected chi connectivity index (χ0v) is 11.5. The van der Waals surface area contributed by atoms with Crippen LogP contribution < -0.4 is 0 Å². The summed E-state index contributed by atoms with van der Waals surface area (Å²) in [5, 5.41) is 9.10. The van der Waals surface area contributed by atoms with Gasteiger partial charge in [0.25, 0.3) is 0 Å². The average molecular weight is 296 g/mol. The van der Waals surface area contributed by atoms with E-state index >= 15 is 0 Å². The van der Waals surface area contributed by atoms with E-state index in [1.54, 1.807) is 13.0 Å². The summed E-state index contributed by atoms with van der Waals surface area (Å²) in [5.74, 6) is -0.256. The fourth-order valence-electron chi connectivity index (χ4n) is 1.72. The molecule has 0 radical (unpaired) electrons. The summed E-state index contributed by atoms with van der Waals surface area (Å²) in [6.07, 6.45) is 0.941. The van der Waals surface area contributed by atoms with Crippen molar-refractivity contribution in [1.82, 2.24) is 0 Å². The van der Waals surface area contributed by atoms with Crippen LogP contribution in [0.4, 0.5) is 0 Å². The van der Waals surface area contributed by atoms with E-state index in [0.717, 1.165) is 22.0 Å². The van der Waals surface area contributed by atoms with Gasteiger partial charge in [-0.15, -0.1) is 0 Å². The second kappa shape index (κ2) is 6.41. The normalized spacial score (nSPS) is 9.76. The van der Waals surface area contributed by atoms with E-state index in [1.807, 2.05) is 13.0 Å². The number of nitriles is 1. The Bertz CT molecular complexity index is 463. The molecule has 0 aliphatic rings. The summed E-state index contributed by atoms with van der Waals surface area (Å²) in [7, 11) is 0. The monoisotopic (exact) mass is 295 g/mol. The Balaban J connectivity index is 3.09. The highest BCUT2D eigenvalue weighted by molar-refractivity contribution is 9.10. The summed E-state index contributed by atoms with van der Waals surface area (Å²) in [5.41, 5.74) is 2.38. The molecule has 0 aliphatic carbocycles. The van der Waals surface area contributed by atoms with Gasteiger partial charge >= 0.3 is 5.97 Å². The van der Waals surface area contributed by atoms with Crippen LogP contribution in [0, 0.1) is 11.3 Å². The van der Waals surface area contributed by atoms with Gasteiger partial charge in [0, 0.05) is 4.47 Å². The molecule has 0 saturated heterocycles. The predicted octanol–water partition coefficient (Wildman–Crippen LogP) is 2.99. The van der Waals surface area contributed by atoms with Gasteiger partial charge in [-0.25, -0.2) is 0 Å². The van der Waals surface area contributed by atoms with Crippen LogP contribution in [-0.2, 0) is 22.4 Å². The third-order valence-corrected chi connectivity index (χ3v) is 3.13. The first-order chi connectivity index (χ1) is 8.13. The van der Waals surface area contributed by atoms with E-state index in [9.17, 15) is 4.79 Å². The molecule has 0 atom stereocenters. The Hall–Kier alpha value is -1.34. The topological polar surface area (TPSA) is 50.1 Å². The Morgan fingerprint density at radius 3 is 2.71 bits per heavy atom. The molecule has 17 heavy (non-hydrogen) atoms. The number of rotatable bonds is 4. The second-order valence-corrected chi connectivity index (χ2v) is 4.36. The van der Waals surface area contributed by atoms with Gasteiger partial charge in [0.05, 0.1) is 18.6 Å². The van der Waals surface area contributed by atoms with Crippen LogP contribution in [0.15, 0.2) is 16.6 Å². The molecular weight excluding hydrogens is 282 g/mol. The lowest BCUT2D eigenvalue weighted by molar-refractivity contribution is -0.142. The quantitative estimate of drug-likeness (QED) is 0.803. The van der Waals surface area contributed by atoms with Crippen LogP contribution in [0.3, 0.4) is 0 Å². The largest absolute Gasteiger partial charge is 0.466 e. The third kappa shape index (κ3) is 3.31. The first-order valence-electron chi connectivity index (χ1n) is 5.50. The summed E-state index contributed by atoms with van der Waals surface area (Å²) in [4.78, 5) is 11.4. The number of ether oxygens (including phenoxy) is 1. The number of benzene rings is 1. The number of esters is 1. The fourth-order valence-corrected chi connectivity index (χ4v) is 2.18. The third-order valence-electron chi connectivity index (χ3n) is 2.46. The first-order valence-corrected chi connectivity index (χ1v) is 6.29. The van der Waals surface area contributed by atoms with Crippen molar-refractivity contribution in [3.05, 3.63) is 33.3 Å². The van der Waals surface area contributed by atoms with Gasteiger partial charge in [0.15, 0.2) is 0 Å². The van der Waals surface area contributed by atoms with Crippen molar-refractivity contribution < 1.29 is 9.53 Å². The van der Waals surface area contributed by atoms with E-state index < -0.39 is 0 Å². The molecule has 0 spiro atoms. The Kier molecular flexibility index (Phi) is 5.17. The number of halogens is 1. The first kappa shape index (κ1) is 13.7. The summed E-state index contributed by atoms with van der Waals surface area (Å²) >= 11 is 3.34. The van der Waals surface area contributed by atoms with Crippen molar-refractivity contribution >= 4 is 21.9 Å². The SMILES string of the molecule is CCOC(=O)Cc1ccc(Br)c(C#N)c1CC. The van der Waals surface area contributed by atoms with Crippen LogP contribution in [0.1, 0.15) is 30.5 Å². The van der Waals surface area contributed by atoms with Gasteiger partial charge < -0.3 is 4.74 Å². The van der Waals surface area contributed by atoms with Crippen molar-refractivity contribution in [3.8, 4) is 6.07 Å². The smallest absolute Gasteiger partial charge is 0.310 e. The number of carbonyl (C=O) groups excluding carboxylic acids is 1. The minimum atomic E-state index is -0.256. The highest BCUT2D eigenvalue weighted by atomic mass is 79.9. The molecule has 90 valence electrons. The lowest BCUT2D eigenvalue weighted by Gasteiger charge is -2.10. The van der Waals surface area contributed by atoms with Crippen molar-refractivity contribution in [1.29, 1.82) is 5.26 Å². The molecule has 0 saturated carbocycles. The van der Waals surface area contributed by atoms with Gasteiger partial charge in [-0.05, 0) is 46.5 Å². The Labute approximate surface area is 110 Å². The number of hydrogen-bond acceptors (Lipinski definition) is 3. The van der Waals surface area contributed by atoms with E-state index in [1.165, 1.54) is 0 Å². The molecule has 0 aromatic heterocycles. The standard InChI is InChI=1S/C13H14BrNO2/c1-3-10-9(7-13(16)17-4-2)5-6-12(14)11(10)8-15/h5-6H,3-4,7H2,1-2H3. The highest BCUT2D eigenvalue weighted by Crippen LogP contribution is 2.24. The highest BCUT2D eigenvalue weighted by Gasteiger charge is 2.13. The molecule has 1 aromatic carbocycles. The van der Waals surface area contributed by atoms with E-state index in [-0.39, 0.29) is 12.4 Å². The molecule has 1 rings (SSSR count). The maximum absolute atomic E-state index is 11.4. The summed E-state index contributed by atoms with van der Waals surface area (Å²) < 4.78 is 5.68. The zero-order chi connectivity index (χ0) is 12.8. The Morgan fingerprint density at radius 2 is 2.18 bits per heavy atom. The maximum atomic E-state index is 11.4. The van der Waals surface area contributed by atoms with E-state index in [0.29, 0.717) is 12.2 Å². The van der Waals surface area contributed by atoms with Crippen molar-refractivity contribution in [2.75, 3.05) is 6.61 Å². The van der Waals surface area contributed by atoms with Crippen LogP contribution >= 0.6 is 15.9 Å². The molecule has 3 nitrogen and oxygen atoms in total. The molecule has 0 fully saturated rings. The number of carbonyl (C=O) groups is 1. The fraction of sp³-hybridized carbons (Fsp3) is 0.385. The molecule has 0 N–H and O–H groups in total. The van der Waals surface area contributed by atoms with Gasteiger partial charge in [-0.1, -0.05) is 13.0 Å². The van der Waals surface area contributed by atoms with Gasteiger partial charge in [-0.2, -0.15) is 5.26 Å². The molecule has 0 amide bonds. The van der Waals surface area contributed by atoms with Crippen molar-refractivity contribution in [3.63, 3.8) is 0 Å². The van der Waals surface area contributed by atoms with Crippen LogP contribution in [0.5, 0.6) is 0 Å². The molecule has 0 aliphatic heterocycles.